The molecule has 0 saturated carbocycles. The van der Waals surface area contributed by atoms with E-state index in [1.54, 1.807) is 21.7 Å². The number of amides is 1. The van der Waals surface area contributed by atoms with Crippen LogP contribution in [0.3, 0.4) is 0 Å². The van der Waals surface area contributed by atoms with Crippen LogP contribution in [-0.2, 0) is 11.3 Å². The summed E-state index contributed by atoms with van der Waals surface area (Å²) >= 11 is 0. The van der Waals surface area contributed by atoms with Gasteiger partial charge in [-0.1, -0.05) is 35.5 Å². The third-order valence-corrected chi connectivity index (χ3v) is 6.48. The van der Waals surface area contributed by atoms with Gasteiger partial charge in [0.1, 0.15) is 18.0 Å². The van der Waals surface area contributed by atoms with Crippen molar-refractivity contribution in [2.75, 3.05) is 13.1 Å². The van der Waals surface area contributed by atoms with Gasteiger partial charge in [-0.05, 0) is 51.8 Å². The molecule has 0 bridgehead atoms. The first-order chi connectivity index (χ1) is 19.2. The number of aryl methyl sites for hydroxylation is 1. The lowest BCUT2D eigenvalue weighted by atomic mass is 10.0. The molecular formula is C29H29N7O4. The number of carbonyl (C=O) groups excluding carboxylic acids is 1. The molecule has 0 aliphatic carbocycles. The highest BCUT2D eigenvalue weighted by Gasteiger charge is 2.24. The quantitative estimate of drug-likeness (QED) is 0.295. The summed E-state index contributed by atoms with van der Waals surface area (Å²) in [6, 6.07) is 13.5. The number of hydrogen-bond donors (Lipinski definition) is 0. The number of ether oxygens (including phenoxy) is 2. The van der Waals surface area contributed by atoms with E-state index in [1.807, 2.05) is 70.2 Å². The molecule has 40 heavy (non-hydrogen) atoms. The second kappa shape index (κ2) is 10.1. The molecule has 0 radical (unpaired) electrons. The number of benzene rings is 1. The van der Waals surface area contributed by atoms with Crippen molar-refractivity contribution in [2.24, 2.45) is 0 Å². The van der Waals surface area contributed by atoms with Gasteiger partial charge in [-0.25, -0.2) is 4.79 Å². The van der Waals surface area contributed by atoms with Crippen LogP contribution in [0.15, 0.2) is 59.3 Å². The molecule has 1 amide bonds. The van der Waals surface area contributed by atoms with Crippen LogP contribution in [0, 0.1) is 6.92 Å². The maximum atomic E-state index is 12.3. The molecular weight excluding hydrogens is 510 g/mol. The van der Waals surface area contributed by atoms with Crippen molar-refractivity contribution >= 4 is 28.1 Å². The van der Waals surface area contributed by atoms with E-state index in [4.69, 9.17) is 19.1 Å². The van der Waals surface area contributed by atoms with Gasteiger partial charge in [0.05, 0.1) is 5.69 Å². The molecule has 1 aliphatic heterocycles. The fraction of sp³-hybridized carbons (Fsp3) is 0.310. The fourth-order valence-corrected chi connectivity index (χ4v) is 4.54. The molecule has 11 heteroatoms. The Hall–Kier alpha value is -4.80. The maximum Gasteiger partial charge on any atom is 0.410 e. The van der Waals surface area contributed by atoms with E-state index in [0.29, 0.717) is 48.3 Å². The Morgan fingerprint density at radius 2 is 1.90 bits per heavy atom. The molecule has 0 unspecified atom stereocenters. The Bertz CT molecular complexity index is 1730. The van der Waals surface area contributed by atoms with Gasteiger partial charge >= 0.3 is 6.09 Å². The van der Waals surface area contributed by atoms with E-state index < -0.39 is 5.60 Å². The SMILES string of the molecule is Cc1cc(-c2nnc3c4ccccc4c(OCc4ccc(C5=CCN(C(=O)OC(C)(C)C)CC5)nc4)nn23)no1. The molecule has 0 spiro atoms. The van der Waals surface area contributed by atoms with Crippen molar-refractivity contribution in [2.45, 2.75) is 46.3 Å². The molecule has 6 rings (SSSR count). The van der Waals surface area contributed by atoms with Gasteiger partial charge in [-0.15, -0.1) is 15.3 Å². The van der Waals surface area contributed by atoms with E-state index in [9.17, 15) is 4.79 Å². The van der Waals surface area contributed by atoms with E-state index in [1.165, 1.54) is 0 Å². The summed E-state index contributed by atoms with van der Waals surface area (Å²) in [4.78, 5) is 18.7. The van der Waals surface area contributed by atoms with E-state index in [0.717, 1.165) is 27.6 Å². The van der Waals surface area contributed by atoms with Crippen LogP contribution in [0.5, 0.6) is 5.88 Å². The predicted molar refractivity (Wildman–Crippen MR) is 147 cm³/mol. The monoisotopic (exact) mass is 539 g/mol. The first-order valence-electron chi connectivity index (χ1n) is 13.1. The lowest BCUT2D eigenvalue weighted by Gasteiger charge is -2.29. The Morgan fingerprint density at radius 3 is 2.58 bits per heavy atom. The van der Waals surface area contributed by atoms with Crippen LogP contribution in [0.25, 0.3) is 33.5 Å². The Labute approximate surface area is 230 Å². The molecule has 5 aromatic rings. The second-order valence-electron chi connectivity index (χ2n) is 10.7. The normalized spacial score (nSPS) is 14.0. The zero-order valence-electron chi connectivity index (χ0n) is 22.8. The second-order valence-corrected chi connectivity index (χ2v) is 10.7. The standard InChI is InChI=1S/C29H29N7O4/c1-18-15-24(34-40-18)26-32-31-25-21-7-5-6-8-22(21)27(33-36(25)26)38-17-19-9-10-23(30-16-19)20-11-13-35(14-12-20)28(37)39-29(2,3)4/h5-11,15-16H,12-14,17H2,1-4H3. The van der Waals surface area contributed by atoms with Crippen LogP contribution in [0.4, 0.5) is 4.79 Å². The van der Waals surface area contributed by atoms with Crippen molar-refractivity contribution in [3.05, 3.63) is 71.8 Å². The van der Waals surface area contributed by atoms with Crippen molar-refractivity contribution < 1.29 is 18.8 Å². The number of rotatable bonds is 5. The first kappa shape index (κ1) is 25.5. The lowest BCUT2D eigenvalue weighted by Crippen LogP contribution is -2.39. The van der Waals surface area contributed by atoms with Crippen LogP contribution < -0.4 is 4.74 Å². The van der Waals surface area contributed by atoms with Crippen LogP contribution in [-0.4, -0.2) is 59.6 Å². The van der Waals surface area contributed by atoms with Gasteiger partial charge in [0.25, 0.3) is 0 Å². The van der Waals surface area contributed by atoms with E-state index in [-0.39, 0.29) is 12.7 Å². The Kier molecular flexibility index (Phi) is 6.41. The minimum Gasteiger partial charge on any atom is -0.471 e. The molecule has 0 saturated heterocycles. The molecule has 1 aromatic carbocycles. The van der Waals surface area contributed by atoms with Gasteiger partial charge in [0.15, 0.2) is 11.3 Å². The topological polar surface area (TPSA) is 121 Å². The summed E-state index contributed by atoms with van der Waals surface area (Å²) in [6.45, 7) is 8.79. The largest absolute Gasteiger partial charge is 0.471 e. The van der Waals surface area contributed by atoms with Crippen molar-refractivity contribution in [1.29, 1.82) is 0 Å². The number of nitrogens with zero attached hydrogens (tertiary/aromatic N) is 7. The third-order valence-electron chi connectivity index (χ3n) is 6.48. The molecule has 0 N–H and O–H groups in total. The first-order valence-corrected chi connectivity index (χ1v) is 13.1. The Balaban J connectivity index is 1.19. The van der Waals surface area contributed by atoms with Gasteiger partial charge in [-0.3, -0.25) is 4.98 Å². The summed E-state index contributed by atoms with van der Waals surface area (Å²) in [5, 5.41) is 19.1. The minimum absolute atomic E-state index is 0.280. The number of carbonyl (C=O) groups is 1. The third kappa shape index (κ3) is 5.09. The number of fused-ring (bicyclic) bond motifs is 3. The van der Waals surface area contributed by atoms with Crippen LogP contribution >= 0.6 is 0 Å². The van der Waals surface area contributed by atoms with Crippen molar-refractivity contribution in [3.63, 3.8) is 0 Å². The summed E-state index contributed by atoms with van der Waals surface area (Å²) in [5.74, 6) is 1.59. The Morgan fingerprint density at radius 1 is 1.07 bits per heavy atom. The highest BCUT2D eigenvalue weighted by Crippen LogP contribution is 2.29. The minimum atomic E-state index is -0.512. The molecule has 0 fully saturated rings. The summed E-state index contributed by atoms with van der Waals surface area (Å²) in [7, 11) is 0. The van der Waals surface area contributed by atoms with E-state index >= 15 is 0 Å². The highest BCUT2D eigenvalue weighted by atomic mass is 16.6. The molecule has 204 valence electrons. The molecule has 0 atom stereocenters. The number of aromatic nitrogens is 6. The van der Waals surface area contributed by atoms with Gasteiger partial charge in [0, 0.05) is 41.7 Å². The molecule has 1 aliphatic rings. The number of hydrogen-bond acceptors (Lipinski definition) is 9. The molecule has 4 aromatic heterocycles. The molecule has 11 nitrogen and oxygen atoms in total. The van der Waals surface area contributed by atoms with Gasteiger partial charge in [0.2, 0.25) is 11.7 Å². The molecule has 5 heterocycles. The van der Waals surface area contributed by atoms with Gasteiger partial charge < -0.3 is 18.9 Å². The summed E-state index contributed by atoms with van der Waals surface area (Å²) in [6.07, 6.45) is 4.26. The van der Waals surface area contributed by atoms with Gasteiger partial charge in [-0.2, -0.15) is 4.52 Å². The fourth-order valence-electron chi connectivity index (χ4n) is 4.54. The lowest BCUT2D eigenvalue weighted by molar-refractivity contribution is 0.0270. The van der Waals surface area contributed by atoms with Crippen molar-refractivity contribution in [3.8, 4) is 17.4 Å². The summed E-state index contributed by atoms with van der Waals surface area (Å²) < 4.78 is 18.5. The van der Waals surface area contributed by atoms with Crippen molar-refractivity contribution in [1.82, 2.24) is 34.9 Å². The zero-order valence-corrected chi connectivity index (χ0v) is 22.8. The average molecular weight is 540 g/mol. The predicted octanol–water partition coefficient (Wildman–Crippen LogP) is 5.24. The van der Waals surface area contributed by atoms with E-state index in [2.05, 4.69) is 20.3 Å². The smallest absolute Gasteiger partial charge is 0.410 e. The average Bonchev–Trinajstić information content (AvgIpc) is 3.57. The summed E-state index contributed by atoms with van der Waals surface area (Å²) in [5.41, 5.74) is 3.53. The zero-order chi connectivity index (χ0) is 27.9. The maximum absolute atomic E-state index is 12.3. The highest BCUT2D eigenvalue weighted by molar-refractivity contribution is 5.97. The number of pyridine rings is 1. The van der Waals surface area contributed by atoms with Crippen LogP contribution in [0.1, 0.15) is 44.2 Å². The van der Waals surface area contributed by atoms with Crippen LogP contribution in [0.2, 0.25) is 0 Å².